The van der Waals surface area contributed by atoms with E-state index in [1.165, 1.54) is 0 Å². The van der Waals surface area contributed by atoms with Crippen LogP contribution in [-0.2, 0) is 0 Å². The molecule has 30 heavy (non-hydrogen) atoms. The quantitative estimate of drug-likeness (QED) is 0.687. The van der Waals surface area contributed by atoms with Crippen LogP contribution in [0.2, 0.25) is 0 Å². The molecule has 2 aromatic rings. The Hall–Kier alpha value is -2.55. The number of nitrogens with zero attached hydrogens (tertiary/aromatic N) is 3. The van der Waals surface area contributed by atoms with Crippen LogP contribution in [0.1, 0.15) is 41.6 Å². The summed E-state index contributed by atoms with van der Waals surface area (Å²) in [5.74, 6) is -3.54. The number of benzene rings is 1. The summed E-state index contributed by atoms with van der Waals surface area (Å²) in [4.78, 5) is 23.0. The Kier molecular flexibility index (Phi) is 7.89. The molecule has 164 valence electrons. The Balaban J connectivity index is 0.00000320. The largest absolute Gasteiger partial charge is 0.362 e. The van der Waals surface area contributed by atoms with Crippen LogP contribution in [0.15, 0.2) is 18.3 Å². The average Bonchev–Trinajstić information content (AvgIpc) is 2.68. The van der Waals surface area contributed by atoms with Gasteiger partial charge in [0.1, 0.15) is 5.82 Å². The van der Waals surface area contributed by atoms with Crippen molar-refractivity contribution in [1.82, 2.24) is 15.3 Å². The van der Waals surface area contributed by atoms with Crippen LogP contribution in [-0.4, -0.2) is 42.1 Å². The van der Waals surface area contributed by atoms with Gasteiger partial charge < -0.3 is 15.5 Å². The minimum Gasteiger partial charge on any atom is -0.362 e. The molecule has 0 unspecified atom stereocenters. The minimum absolute atomic E-state index is 0. The maximum atomic E-state index is 13.3. The van der Waals surface area contributed by atoms with E-state index in [0.717, 1.165) is 24.2 Å². The van der Waals surface area contributed by atoms with Crippen molar-refractivity contribution in [3.05, 3.63) is 46.9 Å². The van der Waals surface area contributed by atoms with Gasteiger partial charge in [-0.2, -0.15) is 4.98 Å². The van der Waals surface area contributed by atoms with E-state index in [2.05, 4.69) is 20.6 Å². The molecule has 1 fully saturated rings. The van der Waals surface area contributed by atoms with Gasteiger partial charge in [0.05, 0.1) is 0 Å². The third-order valence-corrected chi connectivity index (χ3v) is 5.01. The van der Waals surface area contributed by atoms with E-state index in [1.54, 1.807) is 6.20 Å². The highest BCUT2D eigenvalue weighted by Gasteiger charge is 2.24. The molecule has 0 saturated heterocycles. The number of halogens is 4. The van der Waals surface area contributed by atoms with Crippen molar-refractivity contribution in [2.45, 2.75) is 44.7 Å². The van der Waals surface area contributed by atoms with Crippen molar-refractivity contribution in [3.8, 4) is 0 Å². The van der Waals surface area contributed by atoms with Crippen molar-refractivity contribution in [3.63, 3.8) is 0 Å². The van der Waals surface area contributed by atoms with E-state index >= 15 is 0 Å². The molecule has 2 N–H and O–H groups in total. The van der Waals surface area contributed by atoms with Crippen LogP contribution >= 0.6 is 12.4 Å². The summed E-state index contributed by atoms with van der Waals surface area (Å²) in [5.41, 5.74) is 0.756. The van der Waals surface area contributed by atoms with Crippen LogP contribution in [0, 0.1) is 24.4 Å². The van der Waals surface area contributed by atoms with Crippen LogP contribution in [0.3, 0.4) is 0 Å². The second kappa shape index (κ2) is 9.97. The van der Waals surface area contributed by atoms with Crippen molar-refractivity contribution in [1.29, 1.82) is 0 Å². The lowest BCUT2D eigenvalue weighted by Crippen LogP contribution is -2.40. The van der Waals surface area contributed by atoms with Gasteiger partial charge in [-0.3, -0.25) is 4.79 Å². The molecule has 1 aliphatic rings. The number of aromatic nitrogens is 2. The van der Waals surface area contributed by atoms with E-state index in [4.69, 9.17) is 0 Å². The topological polar surface area (TPSA) is 70.1 Å². The molecule has 1 aliphatic carbocycles. The fourth-order valence-corrected chi connectivity index (χ4v) is 3.48. The molecular weight excluding hydrogens is 419 g/mol. The van der Waals surface area contributed by atoms with E-state index in [0.29, 0.717) is 30.9 Å². The Morgan fingerprint density at radius 2 is 1.63 bits per heavy atom. The zero-order valence-electron chi connectivity index (χ0n) is 17.0. The van der Waals surface area contributed by atoms with Crippen LogP contribution in [0.4, 0.5) is 24.9 Å². The van der Waals surface area contributed by atoms with Crippen LogP contribution in [0.25, 0.3) is 0 Å². The van der Waals surface area contributed by atoms with Gasteiger partial charge in [-0.05, 0) is 44.7 Å². The predicted octanol–water partition coefficient (Wildman–Crippen LogP) is 3.84. The standard InChI is InChI=1S/C20H24F3N5O.ClH/c1-11-10-24-20(27-18(11)28(2)3)26-14-6-4-13(5-7-14)25-19(29)12-8-15(21)17(23)16(22)9-12;/h8-10,13-14H,4-7H2,1-3H3,(H,25,29)(H,24,26,27);1H/t13-,14+;. The first-order valence-corrected chi connectivity index (χ1v) is 9.47. The van der Waals surface area contributed by atoms with Gasteiger partial charge in [-0.1, -0.05) is 0 Å². The van der Waals surface area contributed by atoms with E-state index in [9.17, 15) is 18.0 Å². The molecule has 1 aromatic carbocycles. The Bertz CT molecular complexity index is 881. The summed E-state index contributed by atoms with van der Waals surface area (Å²) in [5, 5.41) is 6.09. The van der Waals surface area contributed by atoms with Crippen molar-refractivity contribution < 1.29 is 18.0 Å². The monoisotopic (exact) mass is 443 g/mol. The molecular formula is C20H25ClF3N5O. The summed E-state index contributed by atoms with van der Waals surface area (Å²) in [7, 11) is 3.84. The van der Waals surface area contributed by atoms with Crippen molar-refractivity contribution >= 4 is 30.1 Å². The number of anilines is 2. The van der Waals surface area contributed by atoms with Gasteiger partial charge in [-0.15, -0.1) is 12.4 Å². The zero-order chi connectivity index (χ0) is 21.1. The number of nitrogens with one attached hydrogen (secondary N) is 2. The maximum absolute atomic E-state index is 13.3. The average molecular weight is 444 g/mol. The highest BCUT2D eigenvalue weighted by Crippen LogP contribution is 2.23. The molecule has 1 amide bonds. The number of carbonyl (C=O) groups excluding carboxylic acids is 1. The predicted molar refractivity (Wildman–Crippen MR) is 112 cm³/mol. The second-order valence-corrected chi connectivity index (χ2v) is 7.51. The number of aryl methyl sites for hydroxylation is 1. The lowest BCUT2D eigenvalue weighted by atomic mass is 9.91. The van der Waals surface area contributed by atoms with Crippen molar-refractivity contribution in [2.24, 2.45) is 0 Å². The van der Waals surface area contributed by atoms with Gasteiger partial charge >= 0.3 is 0 Å². The third-order valence-electron chi connectivity index (χ3n) is 5.01. The first-order chi connectivity index (χ1) is 13.7. The molecule has 1 saturated carbocycles. The highest BCUT2D eigenvalue weighted by molar-refractivity contribution is 5.94. The third kappa shape index (κ3) is 5.53. The van der Waals surface area contributed by atoms with E-state index in [1.807, 2.05) is 25.9 Å². The molecule has 0 radical (unpaired) electrons. The number of amides is 1. The summed E-state index contributed by atoms with van der Waals surface area (Å²) in [6, 6.07) is 1.46. The molecule has 3 rings (SSSR count). The first kappa shape index (κ1) is 23.7. The van der Waals surface area contributed by atoms with Gasteiger partial charge in [0, 0.05) is 43.5 Å². The maximum Gasteiger partial charge on any atom is 0.251 e. The summed E-state index contributed by atoms with van der Waals surface area (Å²) in [6.07, 6.45) is 4.73. The second-order valence-electron chi connectivity index (χ2n) is 7.51. The normalized spacial score (nSPS) is 18.3. The van der Waals surface area contributed by atoms with E-state index in [-0.39, 0.29) is 30.1 Å². The van der Waals surface area contributed by atoms with Crippen molar-refractivity contribution in [2.75, 3.05) is 24.3 Å². The number of hydrogen-bond donors (Lipinski definition) is 2. The van der Waals surface area contributed by atoms with Gasteiger partial charge in [0.15, 0.2) is 17.5 Å². The Morgan fingerprint density at radius 3 is 2.20 bits per heavy atom. The minimum atomic E-state index is -1.58. The van der Waals surface area contributed by atoms with Crippen LogP contribution in [0.5, 0.6) is 0 Å². The number of carbonyl (C=O) groups is 1. The Labute approximate surface area is 179 Å². The fraction of sp³-hybridized carbons (Fsp3) is 0.450. The molecule has 10 heteroatoms. The first-order valence-electron chi connectivity index (χ1n) is 9.47. The zero-order valence-corrected chi connectivity index (χ0v) is 17.8. The summed E-state index contributed by atoms with van der Waals surface area (Å²) < 4.78 is 39.7. The molecule has 6 nitrogen and oxygen atoms in total. The molecule has 0 bridgehead atoms. The van der Waals surface area contributed by atoms with Gasteiger partial charge in [0.25, 0.3) is 5.91 Å². The molecule has 0 spiro atoms. The van der Waals surface area contributed by atoms with Gasteiger partial charge in [0.2, 0.25) is 5.95 Å². The number of rotatable bonds is 5. The highest BCUT2D eigenvalue weighted by atomic mass is 35.5. The SMILES string of the molecule is Cc1cnc(N[C@H]2CC[C@@H](NC(=O)c3cc(F)c(F)c(F)c3)CC2)nc1N(C)C.Cl. The molecule has 0 aliphatic heterocycles. The summed E-state index contributed by atoms with van der Waals surface area (Å²) >= 11 is 0. The lowest BCUT2D eigenvalue weighted by Gasteiger charge is -2.30. The van der Waals surface area contributed by atoms with E-state index < -0.39 is 23.4 Å². The van der Waals surface area contributed by atoms with Crippen LogP contribution < -0.4 is 15.5 Å². The Morgan fingerprint density at radius 1 is 1.07 bits per heavy atom. The summed E-state index contributed by atoms with van der Waals surface area (Å²) in [6.45, 7) is 1.95. The fourth-order valence-electron chi connectivity index (χ4n) is 3.48. The number of hydrogen-bond acceptors (Lipinski definition) is 5. The molecule has 1 heterocycles. The molecule has 1 aromatic heterocycles. The molecule has 0 atom stereocenters. The van der Waals surface area contributed by atoms with Gasteiger partial charge in [-0.25, -0.2) is 18.2 Å². The lowest BCUT2D eigenvalue weighted by molar-refractivity contribution is 0.0925. The smallest absolute Gasteiger partial charge is 0.251 e.